The van der Waals surface area contributed by atoms with Gasteiger partial charge in [0.15, 0.2) is 0 Å². The van der Waals surface area contributed by atoms with Crippen molar-refractivity contribution in [3.63, 3.8) is 0 Å². The van der Waals surface area contributed by atoms with Crippen molar-refractivity contribution in [1.29, 1.82) is 0 Å². The molecule has 4 rings (SSSR count). The SMILES string of the molecule is COCC(=O)Nc1nc2n(n1)[C@@H](c1ccc(F)cc1)C[C@H](c1ccc(C)cc1)N2. The highest BCUT2D eigenvalue weighted by Gasteiger charge is 2.31. The van der Waals surface area contributed by atoms with E-state index in [-0.39, 0.29) is 36.4 Å². The van der Waals surface area contributed by atoms with Crippen LogP contribution in [-0.4, -0.2) is 34.4 Å². The summed E-state index contributed by atoms with van der Waals surface area (Å²) in [6.07, 6.45) is 0.705. The number of nitrogens with one attached hydrogen (secondary N) is 2. The molecule has 0 radical (unpaired) electrons. The van der Waals surface area contributed by atoms with Crippen molar-refractivity contribution >= 4 is 17.8 Å². The molecule has 29 heavy (non-hydrogen) atoms. The van der Waals surface area contributed by atoms with E-state index in [0.29, 0.717) is 12.4 Å². The minimum absolute atomic E-state index is 0.00452. The summed E-state index contributed by atoms with van der Waals surface area (Å²) in [7, 11) is 1.45. The average molecular weight is 395 g/mol. The van der Waals surface area contributed by atoms with Gasteiger partial charge in [0, 0.05) is 7.11 Å². The van der Waals surface area contributed by atoms with Gasteiger partial charge in [0.1, 0.15) is 12.4 Å². The molecule has 0 fully saturated rings. The second kappa shape index (κ2) is 8.00. The van der Waals surface area contributed by atoms with Crippen LogP contribution < -0.4 is 10.6 Å². The fourth-order valence-electron chi connectivity index (χ4n) is 3.50. The monoisotopic (exact) mass is 395 g/mol. The molecule has 0 unspecified atom stereocenters. The van der Waals surface area contributed by atoms with Gasteiger partial charge < -0.3 is 10.1 Å². The Morgan fingerprint density at radius 2 is 1.90 bits per heavy atom. The van der Waals surface area contributed by atoms with Gasteiger partial charge in [-0.2, -0.15) is 4.98 Å². The van der Waals surface area contributed by atoms with Crippen LogP contribution in [0.3, 0.4) is 0 Å². The molecule has 0 aliphatic carbocycles. The van der Waals surface area contributed by atoms with E-state index in [0.717, 1.165) is 11.1 Å². The molecule has 2 aromatic carbocycles. The number of nitrogens with zero attached hydrogens (tertiary/aromatic N) is 3. The van der Waals surface area contributed by atoms with Gasteiger partial charge in [0.2, 0.25) is 5.95 Å². The molecule has 8 heteroatoms. The van der Waals surface area contributed by atoms with Gasteiger partial charge in [0.05, 0.1) is 12.1 Å². The Hall–Kier alpha value is -3.26. The zero-order valence-corrected chi connectivity index (χ0v) is 16.2. The van der Waals surface area contributed by atoms with Crippen LogP contribution in [0.15, 0.2) is 48.5 Å². The van der Waals surface area contributed by atoms with E-state index in [2.05, 4.69) is 45.0 Å². The maximum atomic E-state index is 13.4. The number of anilines is 2. The molecular formula is C21H22FN5O2. The predicted octanol–water partition coefficient (Wildman–Crippen LogP) is 3.46. The normalized spacial score (nSPS) is 18.0. The molecule has 3 aromatic rings. The predicted molar refractivity (Wildman–Crippen MR) is 107 cm³/mol. The third kappa shape index (κ3) is 4.12. The number of aromatic nitrogens is 3. The van der Waals surface area contributed by atoms with Gasteiger partial charge in [-0.1, -0.05) is 42.0 Å². The lowest BCUT2D eigenvalue weighted by molar-refractivity contribution is -0.119. The second-order valence-corrected chi connectivity index (χ2v) is 7.10. The summed E-state index contributed by atoms with van der Waals surface area (Å²) in [5, 5.41) is 10.5. The molecule has 2 N–H and O–H groups in total. The molecule has 2 atom stereocenters. The van der Waals surface area contributed by atoms with E-state index in [9.17, 15) is 9.18 Å². The Bertz CT molecular complexity index is 1000. The summed E-state index contributed by atoms with van der Waals surface area (Å²) < 4.78 is 20.0. The Balaban J connectivity index is 1.69. The lowest BCUT2D eigenvalue weighted by Crippen LogP contribution is -2.28. The number of hydrogen-bond donors (Lipinski definition) is 2. The van der Waals surface area contributed by atoms with E-state index >= 15 is 0 Å². The molecule has 1 aliphatic heterocycles. The first-order chi connectivity index (χ1) is 14.0. The number of fused-ring (bicyclic) bond motifs is 1. The number of carbonyl (C=O) groups is 1. The van der Waals surface area contributed by atoms with Crippen LogP contribution in [0.4, 0.5) is 16.3 Å². The van der Waals surface area contributed by atoms with Crippen LogP contribution >= 0.6 is 0 Å². The maximum absolute atomic E-state index is 13.4. The van der Waals surface area contributed by atoms with Crippen molar-refractivity contribution in [3.05, 3.63) is 71.0 Å². The van der Waals surface area contributed by atoms with E-state index in [1.165, 1.54) is 24.8 Å². The van der Waals surface area contributed by atoms with E-state index in [4.69, 9.17) is 4.74 Å². The third-order valence-electron chi connectivity index (χ3n) is 4.95. The summed E-state index contributed by atoms with van der Waals surface area (Å²) in [4.78, 5) is 16.3. The number of rotatable bonds is 5. The Morgan fingerprint density at radius 3 is 2.59 bits per heavy atom. The number of carbonyl (C=O) groups excluding carboxylic acids is 1. The summed E-state index contributed by atoms with van der Waals surface area (Å²) in [6.45, 7) is 1.97. The number of benzene rings is 2. The first kappa shape index (κ1) is 19.1. The Morgan fingerprint density at radius 1 is 1.21 bits per heavy atom. The van der Waals surface area contributed by atoms with Crippen molar-refractivity contribution in [2.45, 2.75) is 25.4 Å². The highest BCUT2D eigenvalue weighted by molar-refractivity contribution is 5.90. The molecular weight excluding hydrogens is 373 g/mol. The van der Waals surface area contributed by atoms with Crippen LogP contribution in [-0.2, 0) is 9.53 Å². The van der Waals surface area contributed by atoms with E-state index in [1.807, 2.05) is 6.92 Å². The number of amides is 1. The Labute approximate surface area is 167 Å². The van der Waals surface area contributed by atoms with Crippen molar-refractivity contribution < 1.29 is 13.9 Å². The first-order valence-corrected chi connectivity index (χ1v) is 9.37. The van der Waals surface area contributed by atoms with E-state index in [1.54, 1.807) is 16.8 Å². The zero-order chi connectivity index (χ0) is 20.4. The maximum Gasteiger partial charge on any atom is 0.252 e. The largest absolute Gasteiger partial charge is 0.375 e. The molecule has 0 saturated heterocycles. The fraction of sp³-hybridized carbons (Fsp3) is 0.286. The van der Waals surface area contributed by atoms with Gasteiger partial charge in [0.25, 0.3) is 11.9 Å². The number of halogens is 1. The standard InChI is InChI=1S/C21H22FN5O2/c1-13-3-5-14(6-4-13)17-11-18(15-7-9-16(22)10-8-15)27-21(23-17)25-20(26-27)24-19(28)12-29-2/h3-10,17-18H,11-12H2,1-2H3,(H2,23,24,25,26,28)/t17-,18-/m1/s1. The summed E-state index contributed by atoms with van der Waals surface area (Å²) >= 11 is 0. The summed E-state index contributed by atoms with van der Waals surface area (Å²) in [5.41, 5.74) is 3.24. The molecule has 1 aromatic heterocycles. The second-order valence-electron chi connectivity index (χ2n) is 7.10. The topological polar surface area (TPSA) is 81.1 Å². The van der Waals surface area contributed by atoms with Crippen molar-refractivity contribution in [2.24, 2.45) is 0 Å². The highest BCUT2D eigenvalue weighted by atomic mass is 19.1. The van der Waals surface area contributed by atoms with Gasteiger partial charge in [-0.15, -0.1) is 5.10 Å². The van der Waals surface area contributed by atoms with Crippen LogP contribution in [0.5, 0.6) is 0 Å². The number of hydrogen-bond acceptors (Lipinski definition) is 5. The highest BCUT2D eigenvalue weighted by Crippen LogP contribution is 2.38. The molecule has 2 heterocycles. The van der Waals surface area contributed by atoms with Gasteiger partial charge in [-0.3, -0.25) is 10.1 Å². The third-order valence-corrected chi connectivity index (χ3v) is 4.95. The smallest absolute Gasteiger partial charge is 0.252 e. The molecule has 0 saturated carbocycles. The summed E-state index contributed by atoms with van der Waals surface area (Å²) in [6, 6.07) is 14.6. The number of methoxy groups -OCH3 is 1. The van der Waals surface area contributed by atoms with Gasteiger partial charge in [-0.05, 0) is 36.6 Å². The zero-order valence-electron chi connectivity index (χ0n) is 16.2. The number of aryl methyl sites for hydroxylation is 1. The van der Waals surface area contributed by atoms with Crippen LogP contribution in [0.2, 0.25) is 0 Å². The number of ether oxygens (including phenoxy) is 1. The first-order valence-electron chi connectivity index (χ1n) is 9.37. The summed E-state index contributed by atoms with van der Waals surface area (Å²) in [5.74, 6) is 0.128. The molecule has 0 spiro atoms. The van der Waals surface area contributed by atoms with Gasteiger partial charge in [-0.25, -0.2) is 9.07 Å². The lowest BCUT2D eigenvalue weighted by Gasteiger charge is -2.31. The van der Waals surface area contributed by atoms with Crippen LogP contribution in [0, 0.1) is 12.7 Å². The minimum atomic E-state index is -0.330. The average Bonchev–Trinajstić information content (AvgIpc) is 3.11. The molecule has 150 valence electrons. The fourth-order valence-corrected chi connectivity index (χ4v) is 3.50. The lowest BCUT2D eigenvalue weighted by atomic mass is 9.93. The van der Waals surface area contributed by atoms with Crippen molar-refractivity contribution in [3.8, 4) is 0 Å². The molecule has 1 aliphatic rings. The Kier molecular flexibility index (Phi) is 5.26. The van der Waals surface area contributed by atoms with Crippen LogP contribution in [0.1, 0.15) is 35.2 Å². The van der Waals surface area contributed by atoms with Crippen molar-refractivity contribution in [1.82, 2.24) is 14.8 Å². The van der Waals surface area contributed by atoms with Gasteiger partial charge >= 0.3 is 0 Å². The molecule has 7 nitrogen and oxygen atoms in total. The quantitative estimate of drug-likeness (QED) is 0.692. The minimum Gasteiger partial charge on any atom is -0.375 e. The van der Waals surface area contributed by atoms with E-state index < -0.39 is 0 Å². The molecule has 1 amide bonds. The van der Waals surface area contributed by atoms with Crippen molar-refractivity contribution in [2.75, 3.05) is 24.4 Å². The van der Waals surface area contributed by atoms with Crippen LogP contribution in [0.25, 0.3) is 0 Å². The molecule has 0 bridgehead atoms.